The molecule has 6 rings (SSSR count). The zero-order valence-electron chi connectivity index (χ0n) is 20.3. The SMILES string of the molecule is COc1ncccc1-c1ccc2c(c1)[C@H]1O[C@@H]2c2ccc(C(=O)NCc3c(C)cc(N)nc3C)cc21. The number of nitrogens with one attached hydrogen (secondary N) is 1. The second-order valence-electron chi connectivity index (χ2n) is 9.25. The summed E-state index contributed by atoms with van der Waals surface area (Å²) < 4.78 is 11.8. The maximum Gasteiger partial charge on any atom is 0.251 e. The molecule has 0 saturated heterocycles. The molecule has 4 aromatic rings. The number of carbonyl (C=O) groups excluding carboxylic acids is 1. The molecule has 0 unspecified atom stereocenters. The Hall–Kier alpha value is -4.23. The summed E-state index contributed by atoms with van der Waals surface area (Å²) in [5.74, 6) is 0.937. The van der Waals surface area contributed by atoms with E-state index in [1.165, 1.54) is 0 Å². The Labute approximate surface area is 209 Å². The van der Waals surface area contributed by atoms with Crippen molar-refractivity contribution in [2.75, 3.05) is 12.8 Å². The number of nitrogens with two attached hydrogens (primary N) is 1. The van der Waals surface area contributed by atoms with Gasteiger partial charge in [-0.1, -0.05) is 18.2 Å². The van der Waals surface area contributed by atoms with E-state index < -0.39 is 0 Å². The van der Waals surface area contributed by atoms with E-state index in [0.29, 0.717) is 23.8 Å². The molecule has 1 amide bonds. The summed E-state index contributed by atoms with van der Waals surface area (Å²) in [4.78, 5) is 21.7. The number of pyridine rings is 2. The van der Waals surface area contributed by atoms with Crippen LogP contribution in [0.5, 0.6) is 5.88 Å². The molecule has 0 radical (unpaired) electrons. The van der Waals surface area contributed by atoms with E-state index >= 15 is 0 Å². The summed E-state index contributed by atoms with van der Waals surface area (Å²) in [5.41, 5.74) is 15.6. The average Bonchev–Trinajstić information content (AvgIpc) is 3.44. The smallest absolute Gasteiger partial charge is 0.251 e. The Bertz CT molecular complexity index is 1510. The van der Waals surface area contributed by atoms with Crippen LogP contribution < -0.4 is 15.8 Å². The minimum atomic E-state index is -0.207. The highest BCUT2D eigenvalue weighted by Crippen LogP contribution is 2.55. The number of rotatable bonds is 5. The fourth-order valence-electron chi connectivity index (χ4n) is 5.35. The van der Waals surface area contributed by atoms with Crippen LogP contribution in [0, 0.1) is 13.8 Å². The van der Waals surface area contributed by atoms with Gasteiger partial charge in [0.2, 0.25) is 5.88 Å². The van der Waals surface area contributed by atoms with E-state index in [9.17, 15) is 4.79 Å². The number of ether oxygens (including phenoxy) is 2. The number of aromatic nitrogens is 2. The number of fused-ring (bicyclic) bond motifs is 8. The number of nitrogens with zero attached hydrogens (tertiary/aromatic N) is 2. The van der Waals surface area contributed by atoms with Crippen LogP contribution in [-0.2, 0) is 11.3 Å². The average molecular weight is 479 g/mol. The van der Waals surface area contributed by atoms with Crippen molar-refractivity contribution in [3.05, 3.63) is 105 Å². The topological polar surface area (TPSA) is 99.4 Å². The zero-order valence-corrected chi connectivity index (χ0v) is 20.3. The Kier molecular flexibility index (Phi) is 5.23. The third-order valence-corrected chi connectivity index (χ3v) is 7.11. The maximum absolute atomic E-state index is 13.1. The predicted octanol–water partition coefficient (Wildman–Crippen LogP) is 4.80. The largest absolute Gasteiger partial charge is 0.481 e. The Balaban J connectivity index is 1.27. The fraction of sp³-hybridized carbons (Fsp3) is 0.207. The summed E-state index contributed by atoms with van der Waals surface area (Å²) in [6.07, 6.45) is 1.39. The molecule has 2 atom stereocenters. The molecule has 2 aliphatic heterocycles. The van der Waals surface area contributed by atoms with Gasteiger partial charge in [0.1, 0.15) is 18.0 Å². The number of benzene rings is 2. The second-order valence-corrected chi connectivity index (χ2v) is 9.25. The number of amides is 1. The molecule has 2 aromatic carbocycles. The quantitative estimate of drug-likeness (QED) is 0.427. The van der Waals surface area contributed by atoms with Crippen LogP contribution in [0.15, 0.2) is 60.8 Å². The molecular weight excluding hydrogens is 452 g/mol. The van der Waals surface area contributed by atoms with Crippen molar-refractivity contribution in [1.82, 2.24) is 15.3 Å². The summed E-state index contributed by atoms with van der Waals surface area (Å²) >= 11 is 0. The van der Waals surface area contributed by atoms with Gasteiger partial charge >= 0.3 is 0 Å². The van der Waals surface area contributed by atoms with Gasteiger partial charge in [-0.3, -0.25) is 4.79 Å². The van der Waals surface area contributed by atoms with Gasteiger partial charge in [-0.25, -0.2) is 9.97 Å². The predicted molar refractivity (Wildman–Crippen MR) is 137 cm³/mol. The number of methoxy groups -OCH3 is 1. The highest BCUT2D eigenvalue weighted by Gasteiger charge is 2.43. The monoisotopic (exact) mass is 478 g/mol. The van der Waals surface area contributed by atoms with Crippen molar-refractivity contribution in [1.29, 1.82) is 0 Å². The lowest BCUT2D eigenvalue weighted by Gasteiger charge is -2.18. The molecule has 2 aliphatic rings. The van der Waals surface area contributed by atoms with Gasteiger partial charge in [-0.2, -0.15) is 0 Å². The molecular formula is C29H26N4O3. The number of nitrogen functional groups attached to an aromatic ring is 1. The van der Waals surface area contributed by atoms with Crippen LogP contribution in [0.4, 0.5) is 5.82 Å². The van der Waals surface area contributed by atoms with Gasteiger partial charge in [0, 0.05) is 29.6 Å². The van der Waals surface area contributed by atoms with Crippen molar-refractivity contribution in [2.45, 2.75) is 32.6 Å². The van der Waals surface area contributed by atoms with E-state index in [1.807, 2.05) is 50.2 Å². The third-order valence-electron chi connectivity index (χ3n) is 7.11. The minimum absolute atomic E-state index is 0.117. The van der Waals surface area contributed by atoms with Crippen molar-refractivity contribution >= 4 is 11.7 Å². The first-order valence-corrected chi connectivity index (χ1v) is 11.9. The Morgan fingerprint density at radius 3 is 2.56 bits per heavy atom. The second kappa shape index (κ2) is 8.46. The zero-order chi connectivity index (χ0) is 25.0. The van der Waals surface area contributed by atoms with Crippen molar-refractivity contribution in [3.8, 4) is 17.0 Å². The molecule has 2 bridgehead atoms. The van der Waals surface area contributed by atoms with E-state index in [4.69, 9.17) is 15.2 Å². The molecule has 7 heteroatoms. The van der Waals surface area contributed by atoms with Gasteiger partial charge in [0.05, 0.1) is 7.11 Å². The Morgan fingerprint density at radius 2 is 1.78 bits per heavy atom. The summed E-state index contributed by atoms with van der Waals surface area (Å²) in [6, 6.07) is 17.9. The lowest BCUT2D eigenvalue weighted by atomic mass is 9.84. The highest BCUT2D eigenvalue weighted by molar-refractivity contribution is 5.94. The first kappa shape index (κ1) is 22.2. The number of hydrogen-bond acceptors (Lipinski definition) is 6. The standard InChI is InChI=1S/C29H26N4O3/c1-15-11-25(30)33-16(2)24(15)14-32-28(34)18-7-9-21-23(13-18)27-22-12-17(6-8-20(22)26(21)36-27)19-5-4-10-31-29(19)35-3/h4-13,26-27H,14H2,1-3H3,(H2,30,33)(H,32,34)/t26-,27+/m0/s1. The molecule has 0 spiro atoms. The van der Waals surface area contributed by atoms with Gasteiger partial charge in [0.15, 0.2) is 0 Å². The molecule has 0 fully saturated rings. The van der Waals surface area contributed by atoms with Crippen molar-refractivity contribution in [3.63, 3.8) is 0 Å². The highest BCUT2D eigenvalue weighted by atomic mass is 16.5. The molecule has 36 heavy (non-hydrogen) atoms. The molecule has 180 valence electrons. The van der Waals surface area contributed by atoms with E-state index in [-0.39, 0.29) is 18.1 Å². The van der Waals surface area contributed by atoms with Crippen LogP contribution in [0.3, 0.4) is 0 Å². The van der Waals surface area contributed by atoms with Crippen LogP contribution >= 0.6 is 0 Å². The van der Waals surface area contributed by atoms with Crippen LogP contribution in [0.1, 0.15) is 61.6 Å². The molecule has 0 saturated carbocycles. The van der Waals surface area contributed by atoms with Crippen molar-refractivity contribution < 1.29 is 14.3 Å². The van der Waals surface area contributed by atoms with Crippen LogP contribution in [0.2, 0.25) is 0 Å². The molecule has 4 heterocycles. The number of carbonyl (C=O) groups is 1. The van der Waals surface area contributed by atoms with E-state index in [0.717, 1.165) is 50.2 Å². The van der Waals surface area contributed by atoms with Gasteiger partial charge in [-0.05, 0) is 89.2 Å². The van der Waals surface area contributed by atoms with Gasteiger partial charge in [-0.15, -0.1) is 0 Å². The van der Waals surface area contributed by atoms with Gasteiger partial charge < -0.3 is 20.5 Å². The normalized spacial score (nSPS) is 17.0. The first-order chi connectivity index (χ1) is 17.4. The van der Waals surface area contributed by atoms with Crippen molar-refractivity contribution in [2.24, 2.45) is 0 Å². The van der Waals surface area contributed by atoms with Gasteiger partial charge in [0.25, 0.3) is 5.91 Å². The fourth-order valence-corrected chi connectivity index (χ4v) is 5.35. The summed E-state index contributed by atoms with van der Waals surface area (Å²) in [5, 5.41) is 3.03. The number of anilines is 1. The van der Waals surface area contributed by atoms with Crippen LogP contribution in [-0.4, -0.2) is 23.0 Å². The third kappa shape index (κ3) is 3.51. The maximum atomic E-state index is 13.1. The molecule has 3 N–H and O–H groups in total. The number of hydrogen-bond donors (Lipinski definition) is 2. The molecule has 7 nitrogen and oxygen atoms in total. The lowest BCUT2D eigenvalue weighted by Crippen LogP contribution is -2.24. The Morgan fingerprint density at radius 1 is 1.03 bits per heavy atom. The summed E-state index contributed by atoms with van der Waals surface area (Å²) in [6.45, 7) is 4.27. The summed E-state index contributed by atoms with van der Waals surface area (Å²) in [7, 11) is 1.62. The van der Waals surface area contributed by atoms with Crippen LogP contribution in [0.25, 0.3) is 11.1 Å². The number of aryl methyl sites for hydroxylation is 2. The first-order valence-electron chi connectivity index (χ1n) is 11.9. The molecule has 2 aromatic heterocycles. The lowest BCUT2D eigenvalue weighted by molar-refractivity contribution is 0.0857. The molecule has 0 aliphatic carbocycles. The minimum Gasteiger partial charge on any atom is -0.481 e. The van der Waals surface area contributed by atoms with E-state index in [1.54, 1.807) is 13.3 Å². The van der Waals surface area contributed by atoms with E-state index in [2.05, 4.69) is 33.5 Å².